The number of unbranched alkanes of at least 4 members (excludes halogenated alkanes) is 3. The van der Waals surface area contributed by atoms with E-state index in [-0.39, 0.29) is 0 Å². The van der Waals surface area contributed by atoms with Gasteiger partial charge in [-0.3, -0.25) is 0 Å². The number of aryl methyl sites for hydroxylation is 1. The molecule has 0 aliphatic heterocycles. The summed E-state index contributed by atoms with van der Waals surface area (Å²) < 4.78 is 0. The number of aromatic amines is 1. The second-order valence-corrected chi connectivity index (χ2v) is 5.04. The quantitative estimate of drug-likeness (QED) is 0.762. The van der Waals surface area contributed by atoms with Gasteiger partial charge in [-0.25, -0.2) is 4.98 Å². The molecule has 0 unspecified atom stereocenters. The summed E-state index contributed by atoms with van der Waals surface area (Å²) in [5, 5.41) is 1.10. The van der Waals surface area contributed by atoms with Crippen LogP contribution in [0, 0.1) is 0 Å². The van der Waals surface area contributed by atoms with E-state index in [1.807, 2.05) is 6.07 Å². The monoisotopic (exact) mass is 270 g/mol. The Kier molecular flexibility index (Phi) is 4.30. The van der Waals surface area contributed by atoms with Crippen LogP contribution >= 0.6 is 23.2 Å². The Balaban J connectivity index is 2.12. The van der Waals surface area contributed by atoms with Gasteiger partial charge in [0, 0.05) is 6.42 Å². The van der Waals surface area contributed by atoms with Crippen LogP contribution in [0.2, 0.25) is 10.0 Å². The van der Waals surface area contributed by atoms with E-state index in [4.69, 9.17) is 23.2 Å². The van der Waals surface area contributed by atoms with Gasteiger partial charge in [0.25, 0.3) is 0 Å². The Morgan fingerprint density at radius 3 is 2.76 bits per heavy atom. The molecule has 0 fully saturated rings. The van der Waals surface area contributed by atoms with Crippen LogP contribution in [0.1, 0.15) is 38.4 Å². The Bertz CT molecular complexity index is 505. The normalized spacial score (nSPS) is 11.2. The molecule has 1 N–H and O–H groups in total. The van der Waals surface area contributed by atoms with Gasteiger partial charge in [-0.05, 0) is 18.6 Å². The first-order valence-electron chi connectivity index (χ1n) is 6.05. The Morgan fingerprint density at radius 1 is 1.18 bits per heavy atom. The van der Waals surface area contributed by atoms with E-state index in [1.54, 1.807) is 6.07 Å². The van der Waals surface area contributed by atoms with Gasteiger partial charge >= 0.3 is 0 Å². The summed E-state index contributed by atoms with van der Waals surface area (Å²) >= 11 is 12.1. The molecular weight excluding hydrogens is 255 g/mol. The summed E-state index contributed by atoms with van der Waals surface area (Å²) in [7, 11) is 0. The number of imidazole rings is 1. The van der Waals surface area contributed by atoms with Crippen molar-refractivity contribution in [2.75, 3.05) is 0 Å². The fraction of sp³-hybridized carbons (Fsp3) is 0.462. The first kappa shape index (κ1) is 12.7. The number of fused-ring (bicyclic) bond motifs is 1. The molecule has 0 aliphatic carbocycles. The van der Waals surface area contributed by atoms with Gasteiger partial charge in [0.05, 0.1) is 15.6 Å². The van der Waals surface area contributed by atoms with Crippen molar-refractivity contribution in [1.29, 1.82) is 0 Å². The first-order chi connectivity index (χ1) is 8.22. The number of halogens is 2. The minimum Gasteiger partial charge on any atom is -0.342 e. The van der Waals surface area contributed by atoms with Crippen LogP contribution in [0.5, 0.6) is 0 Å². The van der Waals surface area contributed by atoms with Crippen molar-refractivity contribution >= 4 is 34.2 Å². The molecular formula is C13H16Cl2N2. The standard InChI is InChI=1S/C13H16Cl2N2/c1-2-3-4-5-6-11-16-10-8-7-9(14)12(15)13(10)17-11/h7-8H,2-6H2,1H3,(H,16,17). The number of rotatable bonds is 5. The number of benzene rings is 1. The number of nitrogens with zero attached hydrogens (tertiary/aromatic N) is 1. The lowest BCUT2D eigenvalue weighted by Crippen LogP contribution is -1.88. The maximum absolute atomic E-state index is 6.11. The highest BCUT2D eigenvalue weighted by Crippen LogP contribution is 2.29. The number of H-pyrrole nitrogens is 1. The van der Waals surface area contributed by atoms with Gasteiger partial charge in [0.2, 0.25) is 0 Å². The van der Waals surface area contributed by atoms with Gasteiger partial charge in [-0.15, -0.1) is 0 Å². The highest BCUT2D eigenvalue weighted by Gasteiger charge is 2.08. The third kappa shape index (κ3) is 2.93. The summed E-state index contributed by atoms with van der Waals surface area (Å²) in [4.78, 5) is 7.79. The van der Waals surface area contributed by atoms with Gasteiger partial charge in [-0.1, -0.05) is 49.4 Å². The molecule has 1 aromatic carbocycles. The lowest BCUT2D eigenvalue weighted by molar-refractivity contribution is 0.656. The second kappa shape index (κ2) is 5.74. The largest absolute Gasteiger partial charge is 0.342 e. The Hall–Kier alpha value is -0.730. The fourth-order valence-electron chi connectivity index (χ4n) is 1.91. The molecule has 2 rings (SSSR count). The number of hydrogen-bond acceptors (Lipinski definition) is 1. The topological polar surface area (TPSA) is 28.7 Å². The molecule has 4 heteroatoms. The van der Waals surface area contributed by atoms with Crippen molar-refractivity contribution < 1.29 is 0 Å². The van der Waals surface area contributed by atoms with E-state index in [1.165, 1.54) is 25.7 Å². The summed E-state index contributed by atoms with van der Waals surface area (Å²) in [6, 6.07) is 3.72. The zero-order valence-electron chi connectivity index (χ0n) is 9.89. The summed E-state index contributed by atoms with van der Waals surface area (Å²) in [6.45, 7) is 2.21. The molecule has 0 amide bonds. The van der Waals surface area contributed by atoms with E-state index >= 15 is 0 Å². The number of hydrogen-bond donors (Lipinski definition) is 1. The molecule has 1 heterocycles. The maximum atomic E-state index is 6.11. The van der Waals surface area contributed by atoms with Gasteiger partial charge in [-0.2, -0.15) is 0 Å². The van der Waals surface area contributed by atoms with Crippen molar-refractivity contribution in [3.8, 4) is 0 Å². The lowest BCUT2D eigenvalue weighted by Gasteiger charge is -1.95. The average molecular weight is 271 g/mol. The molecule has 0 saturated carbocycles. The van der Waals surface area contributed by atoms with E-state index in [9.17, 15) is 0 Å². The van der Waals surface area contributed by atoms with Crippen molar-refractivity contribution in [3.63, 3.8) is 0 Å². The molecule has 0 atom stereocenters. The Morgan fingerprint density at radius 2 is 2.00 bits per heavy atom. The van der Waals surface area contributed by atoms with Crippen molar-refractivity contribution in [1.82, 2.24) is 9.97 Å². The predicted molar refractivity (Wildman–Crippen MR) is 74.0 cm³/mol. The first-order valence-corrected chi connectivity index (χ1v) is 6.80. The molecule has 0 radical (unpaired) electrons. The third-order valence-electron chi connectivity index (χ3n) is 2.86. The molecule has 2 nitrogen and oxygen atoms in total. The Labute approximate surface area is 111 Å². The molecule has 92 valence electrons. The van der Waals surface area contributed by atoms with Crippen molar-refractivity contribution in [2.24, 2.45) is 0 Å². The maximum Gasteiger partial charge on any atom is 0.109 e. The van der Waals surface area contributed by atoms with Crippen LogP contribution < -0.4 is 0 Å². The second-order valence-electron chi connectivity index (χ2n) is 4.25. The third-order valence-corrected chi connectivity index (χ3v) is 3.66. The minimum absolute atomic E-state index is 0.542. The summed E-state index contributed by atoms with van der Waals surface area (Å²) in [5.41, 5.74) is 1.74. The van der Waals surface area contributed by atoms with Crippen molar-refractivity contribution in [2.45, 2.75) is 39.0 Å². The van der Waals surface area contributed by atoms with Gasteiger partial charge < -0.3 is 4.98 Å². The minimum atomic E-state index is 0.542. The predicted octanol–water partition coefficient (Wildman–Crippen LogP) is 4.99. The van der Waals surface area contributed by atoms with Crippen LogP contribution in [0.3, 0.4) is 0 Å². The van der Waals surface area contributed by atoms with Crippen LogP contribution in [-0.4, -0.2) is 9.97 Å². The van der Waals surface area contributed by atoms with Crippen LogP contribution in [-0.2, 0) is 6.42 Å². The van der Waals surface area contributed by atoms with E-state index in [0.717, 1.165) is 23.3 Å². The molecule has 0 saturated heterocycles. The average Bonchev–Trinajstić information content (AvgIpc) is 2.74. The summed E-state index contributed by atoms with van der Waals surface area (Å²) in [6.07, 6.45) is 5.93. The van der Waals surface area contributed by atoms with E-state index < -0.39 is 0 Å². The van der Waals surface area contributed by atoms with Crippen LogP contribution in [0.4, 0.5) is 0 Å². The number of nitrogens with one attached hydrogen (secondary N) is 1. The van der Waals surface area contributed by atoms with Crippen LogP contribution in [0.25, 0.3) is 11.0 Å². The summed E-state index contributed by atoms with van der Waals surface area (Å²) in [5.74, 6) is 1.00. The fourth-order valence-corrected chi connectivity index (χ4v) is 2.27. The highest BCUT2D eigenvalue weighted by atomic mass is 35.5. The molecule has 0 bridgehead atoms. The van der Waals surface area contributed by atoms with E-state index in [2.05, 4.69) is 16.9 Å². The van der Waals surface area contributed by atoms with Gasteiger partial charge in [0.1, 0.15) is 11.3 Å². The molecule has 2 aromatic rings. The van der Waals surface area contributed by atoms with Crippen molar-refractivity contribution in [3.05, 3.63) is 28.0 Å². The van der Waals surface area contributed by atoms with Crippen LogP contribution in [0.15, 0.2) is 12.1 Å². The van der Waals surface area contributed by atoms with Gasteiger partial charge in [0.15, 0.2) is 0 Å². The molecule has 1 aromatic heterocycles. The number of aromatic nitrogens is 2. The zero-order valence-corrected chi connectivity index (χ0v) is 11.4. The highest BCUT2D eigenvalue weighted by molar-refractivity contribution is 6.44. The molecule has 0 aliphatic rings. The zero-order chi connectivity index (χ0) is 12.3. The molecule has 17 heavy (non-hydrogen) atoms. The molecule has 0 spiro atoms. The SMILES string of the molecule is CCCCCCc1nc2c(Cl)c(Cl)ccc2[nH]1. The van der Waals surface area contributed by atoms with E-state index in [0.29, 0.717) is 10.0 Å². The smallest absolute Gasteiger partial charge is 0.109 e. The lowest BCUT2D eigenvalue weighted by atomic mass is 10.1.